The van der Waals surface area contributed by atoms with Crippen LogP contribution < -0.4 is 5.32 Å². The monoisotopic (exact) mass is 786 g/mol. The maximum Gasteiger partial charge on any atom is 0.220 e. The average Bonchev–Trinajstić information content (AvgIpc) is 3.18. The summed E-state index contributed by atoms with van der Waals surface area (Å²) in [4.78, 5) is 13.0. The molecule has 1 fully saturated rings. The molecule has 2 unspecified atom stereocenters. The molecule has 1 heterocycles. The Kier molecular flexibility index (Phi) is 35.6. The fraction of sp³-hybridized carbons (Fsp3) is 0.978. The van der Waals surface area contributed by atoms with Crippen LogP contribution in [0.5, 0.6) is 0 Å². The van der Waals surface area contributed by atoms with Crippen LogP contribution in [-0.4, -0.2) is 87.5 Å². The van der Waals surface area contributed by atoms with Crippen molar-refractivity contribution in [3.8, 4) is 0 Å². The molecule has 1 rings (SSSR count). The van der Waals surface area contributed by atoms with E-state index >= 15 is 0 Å². The lowest BCUT2D eigenvalue weighted by Gasteiger charge is -2.40. The van der Waals surface area contributed by atoms with E-state index in [1.165, 1.54) is 167 Å². The summed E-state index contributed by atoms with van der Waals surface area (Å²) in [5.41, 5.74) is 0. The van der Waals surface area contributed by atoms with Gasteiger partial charge < -0.3 is 40.3 Å². The summed E-state index contributed by atoms with van der Waals surface area (Å²) in [5, 5.41) is 54.3. The predicted octanol–water partition coefficient (Wildman–Crippen LogP) is 9.95. The van der Waals surface area contributed by atoms with E-state index in [1.807, 2.05) is 0 Å². The molecule has 0 spiro atoms. The lowest BCUT2D eigenvalue weighted by molar-refractivity contribution is -0.302. The predicted molar refractivity (Wildman–Crippen MR) is 226 cm³/mol. The van der Waals surface area contributed by atoms with Crippen LogP contribution in [0.25, 0.3) is 0 Å². The van der Waals surface area contributed by atoms with Crippen molar-refractivity contribution in [1.29, 1.82) is 0 Å². The minimum absolute atomic E-state index is 0.132. The number of rotatable bonds is 40. The van der Waals surface area contributed by atoms with Gasteiger partial charge in [0.1, 0.15) is 24.4 Å². The van der Waals surface area contributed by atoms with Crippen LogP contribution in [-0.2, 0) is 14.3 Å². The Balaban J connectivity index is 2.26. The first-order valence-corrected chi connectivity index (χ1v) is 23.7. The Morgan fingerprint density at radius 3 is 1.29 bits per heavy atom. The van der Waals surface area contributed by atoms with Gasteiger partial charge in [-0.2, -0.15) is 0 Å². The molecule has 1 aliphatic heterocycles. The molecule has 0 aromatic heterocycles. The van der Waals surface area contributed by atoms with Gasteiger partial charge in [0.05, 0.1) is 25.4 Å². The Bertz CT molecular complexity index is 832. The maximum absolute atomic E-state index is 13.0. The van der Waals surface area contributed by atoms with E-state index in [0.717, 1.165) is 38.5 Å². The normalized spacial score (nSPS) is 21.2. The summed E-state index contributed by atoms with van der Waals surface area (Å²) in [6, 6.07) is -0.710. The Hall–Kier alpha value is -0.810. The van der Waals surface area contributed by atoms with Gasteiger partial charge in [-0.05, 0) is 12.8 Å². The van der Waals surface area contributed by atoms with Crippen LogP contribution in [0.1, 0.15) is 232 Å². The molecule has 1 saturated heterocycles. The number of carbonyl (C=O) groups excluding carboxylic acids is 1. The third kappa shape index (κ3) is 28.3. The zero-order chi connectivity index (χ0) is 40.2. The largest absolute Gasteiger partial charge is 0.394 e. The number of unbranched alkanes of at least 4 members (excludes halogenated alkanes) is 30. The number of aliphatic hydroxyl groups is 5. The van der Waals surface area contributed by atoms with Crippen molar-refractivity contribution in [2.45, 2.75) is 275 Å². The number of hydrogen-bond acceptors (Lipinski definition) is 8. The van der Waals surface area contributed by atoms with Gasteiger partial charge in [0.25, 0.3) is 0 Å². The fourth-order valence-electron chi connectivity index (χ4n) is 7.87. The highest BCUT2D eigenvalue weighted by molar-refractivity contribution is 5.76. The highest BCUT2D eigenvalue weighted by atomic mass is 16.7. The van der Waals surface area contributed by atoms with Crippen molar-refractivity contribution in [3.63, 3.8) is 0 Å². The summed E-state index contributed by atoms with van der Waals surface area (Å²) in [7, 11) is 0. The number of nitrogens with one attached hydrogen (secondary N) is 1. The summed E-state index contributed by atoms with van der Waals surface area (Å²) in [5.74, 6) is -0.140. The first-order chi connectivity index (χ1) is 26.8. The minimum atomic E-state index is -1.55. The molecule has 0 aliphatic carbocycles. The van der Waals surface area contributed by atoms with Crippen molar-refractivity contribution in [1.82, 2.24) is 5.32 Å². The zero-order valence-electron chi connectivity index (χ0n) is 36.0. The third-order valence-corrected chi connectivity index (χ3v) is 11.7. The Labute approximate surface area is 338 Å². The van der Waals surface area contributed by atoms with Gasteiger partial charge in [-0.15, -0.1) is 0 Å². The van der Waals surface area contributed by atoms with E-state index in [2.05, 4.69) is 19.2 Å². The summed E-state index contributed by atoms with van der Waals surface area (Å²) < 4.78 is 11.3. The smallest absolute Gasteiger partial charge is 0.220 e. The second-order valence-electron chi connectivity index (χ2n) is 16.9. The SMILES string of the molecule is CCCCCCCCCCCCCCCCCCCCCCC(=O)N[C@@H](CO[C@@H]1O[C@H](CO)[C@H](O)C(O)C1O)[C@H](O)CCCCCCCCCCCCCC. The minimum Gasteiger partial charge on any atom is -0.394 e. The third-order valence-electron chi connectivity index (χ3n) is 11.7. The molecule has 9 heteroatoms. The molecule has 0 bridgehead atoms. The van der Waals surface area contributed by atoms with E-state index in [-0.39, 0.29) is 12.5 Å². The number of amides is 1. The highest BCUT2D eigenvalue weighted by Crippen LogP contribution is 2.23. The van der Waals surface area contributed by atoms with Gasteiger partial charge >= 0.3 is 0 Å². The Morgan fingerprint density at radius 1 is 0.545 bits per heavy atom. The Morgan fingerprint density at radius 2 is 0.909 bits per heavy atom. The highest BCUT2D eigenvalue weighted by Gasteiger charge is 2.44. The summed E-state index contributed by atoms with van der Waals surface area (Å²) in [6.07, 6.45) is 34.0. The fourth-order valence-corrected chi connectivity index (χ4v) is 7.87. The number of ether oxygens (including phenoxy) is 2. The van der Waals surface area contributed by atoms with Crippen LogP contribution in [0.2, 0.25) is 0 Å². The lowest BCUT2D eigenvalue weighted by atomic mass is 9.99. The van der Waals surface area contributed by atoms with Gasteiger partial charge in [-0.3, -0.25) is 4.79 Å². The molecule has 7 atom stereocenters. The molecule has 9 nitrogen and oxygen atoms in total. The molecule has 1 aliphatic rings. The molecule has 55 heavy (non-hydrogen) atoms. The van der Waals surface area contributed by atoms with Gasteiger partial charge in [0, 0.05) is 6.42 Å². The molecule has 1 amide bonds. The number of aliphatic hydroxyl groups excluding tert-OH is 5. The second kappa shape index (κ2) is 37.5. The molecule has 0 saturated carbocycles. The zero-order valence-corrected chi connectivity index (χ0v) is 36.0. The van der Waals surface area contributed by atoms with E-state index in [0.29, 0.717) is 12.8 Å². The first kappa shape index (κ1) is 52.2. The molecule has 0 radical (unpaired) electrons. The molecule has 328 valence electrons. The van der Waals surface area contributed by atoms with Gasteiger partial charge in [0.15, 0.2) is 6.29 Å². The molecule has 6 N–H and O–H groups in total. The van der Waals surface area contributed by atoms with Crippen molar-refractivity contribution in [3.05, 3.63) is 0 Å². The van der Waals surface area contributed by atoms with Crippen LogP contribution in [0.4, 0.5) is 0 Å². The maximum atomic E-state index is 13.0. The van der Waals surface area contributed by atoms with Gasteiger partial charge in [-0.1, -0.05) is 213 Å². The van der Waals surface area contributed by atoms with Crippen molar-refractivity contribution in [2.24, 2.45) is 0 Å². The standard InChI is InChI=1S/C46H91NO8/c1-3-5-7-9-11-13-15-17-18-19-20-21-22-23-24-26-28-30-32-34-36-42(50)47-39(38-54-46-45(53)44(52)43(51)41(37-48)55-46)40(49)35-33-31-29-27-25-16-14-12-10-8-6-4-2/h39-41,43-46,48-49,51-53H,3-38H2,1-2H3,(H,47,50)/t39-,40+,41+,43-,44?,45?,46+/m0/s1. The number of hydrogen-bond donors (Lipinski definition) is 6. The topological polar surface area (TPSA) is 149 Å². The lowest BCUT2D eigenvalue weighted by Crippen LogP contribution is -2.60. The van der Waals surface area contributed by atoms with Crippen LogP contribution in [0.15, 0.2) is 0 Å². The van der Waals surface area contributed by atoms with Crippen molar-refractivity contribution >= 4 is 5.91 Å². The van der Waals surface area contributed by atoms with Crippen molar-refractivity contribution < 1.29 is 39.8 Å². The average molecular weight is 786 g/mol. The van der Waals surface area contributed by atoms with Crippen molar-refractivity contribution in [2.75, 3.05) is 13.2 Å². The number of carbonyl (C=O) groups is 1. The summed E-state index contributed by atoms with van der Waals surface area (Å²) >= 11 is 0. The van der Waals surface area contributed by atoms with E-state index in [4.69, 9.17) is 9.47 Å². The van der Waals surface area contributed by atoms with Crippen LogP contribution >= 0.6 is 0 Å². The first-order valence-electron chi connectivity index (χ1n) is 23.7. The van der Waals surface area contributed by atoms with Gasteiger partial charge in [0.2, 0.25) is 5.91 Å². The molecular weight excluding hydrogens is 695 g/mol. The van der Waals surface area contributed by atoms with E-state index in [9.17, 15) is 30.3 Å². The summed E-state index contributed by atoms with van der Waals surface area (Å²) in [6.45, 7) is 3.85. The van der Waals surface area contributed by atoms with E-state index in [1.54, 1.807) is 0 Å². The van der Waals surface area contributed by atoms with Crippen LogP contribution in [0.3, 0.4) is 0 Å². The molecule has 0 aromatic carbocycles. The van der Waals surface area contributed by atoms with Crippen LogP contribution in [0, 0.1) is 0 Å². The molecular formula is C46H91NO8. The molecule has 0 aromatic rings. The quantitative estimate of drug-likeness (QED) is 0.0337. The van der Waals surface area contributed by atoms with E-state index < -0.39 is 49.5 Å². The van der Waals surface area contributed by atoms with Gasteiger partial charge in [-0.25, -0.2) is 0 Å². The second-order valence-corrected chi connectivity index (χ2v) is 16.9.